The highest BCUT2D eigenvalue weighted by Crippen LogP contribution is 2.56. The lowest BCUT2D eigenvalue weighted by Crippen LogP contribution is -2.46. The fraction of sp³-hybridized carbons (Fsp3) is 0.276. The third kappa shape index (κ3) is 6.82. The summed E-state index contributed by atoms with van der Waals surface area (Å²) in [5, 5.41) is 3.95. The second kappa shape index (κ2) is 15.0. The zero-order chi connectivity index (χ0) is 42.1. The van der Waals surface area contributed by atoms with Crippen LogP contribution in [0.2, 0.25) is 0 Å². The largest absolute Gasteiger partial charge is 0.355 e. The van der Waals surface area contributed by atoms with Crippen molar-refractivity contribution in [1.29, 1.82) is 0 Å². The first-order valence-electron chi connectivity index (χ1n) is 22.7. The van der Waals surface area contributed by atoms with Gasteiger partial charge in [-0.25, -0.2) is 0 Å². The van der Waals surface area contributed by atoms with E-state index < -0.39 is 0 Å². The Balaban J connectivity index is 1.22. The second-order valence-electron chi connectivity index (χ2n) is 19.8. The van der Waals surface area contributed by atoms with Gasteiger partial charge in [0.1, 0.15) is 0 Å². The van der Waals surface area contributed by atoms with Crippen molar-refractivity contribution in [1.82, 2.24) is 0 Å². The molecule has 2 aliphatic heterocycles. The molecule has 3 heteroatoms. The monoisotopic (exact) mass is 793 g/mol. The number of hydrogen-bond acceptors (Lipinski definition) is 2. The van der Waals surface area contributed by atoms with E-state index in [1.165, 1.54) is 121 Å². The normalized spacial score (nSPS) is 16.1. The Labute approximate surface area is 365 Å². The van der Waals surface area contributed by atoms with Gasteiger partial charge in [-0.05, 0) is 134 Å². The molecule has 0 saturated carbocycles. The Morgan fingerprint density at radius 2 is 1.20 bits per heavy atom. The molecule has 0 spiro atoms. The molecule has 0 unspecified atom stereocenters. The average molecular weight is 794 g/mol. The van der Waals surface area contributed by atoms with Crippen LogP contribution in [-0.4, -0.2) is 7.28 Å². The van der Waals surface area contributed by atoms with Crippen LogP contribution in [0.5, 0.6) is 0 Å². The van der Waals surface area contributed by atoms with E-state index in [1.54, 1.807) is 0 Å². The Hall–Kier alpha value is -5.80. The third-order valence-electron chi connectivity index (χ3n) is 14.3. The zero-order valence-electron chi connectivity index (χ0n) is 37.1. The Morgan fingerprint density at radius 1 is 0.541 bits per heavy atom. The molecule has 1 radical (unpaired) electrons. The van der Waals surface area contributed by atoms with Crippen molar-refractivity contribution in [3.63, 3.8) is 0 Å². The van der Waals surface area contributed by atoms with Gasteiger partial charge in [0, 0.05) is 33.7 Å². The molecule has 0 atom stereocenters. The number of rotatable bonds is 9. The van der Waals surface area contributed by atoms with Gasteiger partial charge >= 0.3 is 0 Å². The lowest BCUT2D eigenvalue weighted by atomic mass is 9.55. The highest BCUT2D eigenvalue weighted by atomic mass is 15.2. The van der Waals surface area contributed by atoms with E-state index in [4.69, 9.17) is 0 Å². The van der Waals surface area contributed by atoms with Crippen LogP contribution in [0.15, 0.2) is 146 Å². The summed E-state index contributed by atoms with van der Waals surface area (Å²) in [5.41, 5.74) is 23.3. The number of benzene rings is 7. The number of aryl methyl sites for hydroxylation is 1. The van der Waals surface area contributed by atoms with Gasteiger partial charge < -0.3 is 10.2 Å². The number of unbranched alkanes of at least 4 members (excludes halogenated alkanes) is 2. The van der Waals surface area contributed by atoms with E-state index in [0.717, 1.165) is 17.8 Å². The standard InChI is InChI=1S/C58H58BN2/c1-8-9-12-19-38-32-45(44-35-42(40-22-15-11-16-23-40)28-29-51(44)60-43-25-17-24-41(34-43)39-20-13-10-14-21-39)54-53(33-38)61-52-37-48-47(56(2,3)30-31-57(48,4)5)36-49(52)58(6,7)46-26-18-27-50(59-54)55(46)61/h10-11,13-18,20-29,32-37,60H,8-9,12,19,30-31H2,1-7H3. The smallest absolute Gasteiger partial charge is 0.197 e. The first kappa shape index (κ1) is 39.3. The highest BCUT2D eigenvalue weighted by Gasteiger charge is 2.45. The van der Waals surface area contributed by atoms with Crippen molar-refractivity contribution in [2.45, 2.75) is 103 Å². The summed E-state index contributed by atoms with van der Waals surface area (Å²) in [7, 11) is 2.50. The molecule has 1 N–H and O–H groups in total. The number of hydrogen-bond donors (Lipinski definition) is 1. The molecule has 0 amide bonds. The van der Waals surface area contributed by atoms with Crippen LogP contribution in [0.1, 0.15) is 108 Å². The van der Waals surface area contributed by atoms with Gasteiger partial charge in [0.05, 0.1) is 5.69 Å². The number of anilines is 5. The second-order valence-corrected chi connectivity index (χ2v) is 19.8. The molecule has 7 aromatic carbocycles. The summed E-state index contributed by atoms with van der Waals surface area (Å²) in [6.07, 6.45) is 7.02. The van der Waals surface area contributed by atoms with Crippen LogP contribution in [0.3, 0.4) is 0 Å². The average Bonchev–Trinajstić information content (AvgIpc) is 3.27. The van der Waals surface area contributed by atoms with Crippen molar-refractivity contribution in [2.75, 3.05) is 10.2 Å². The van der Waals surface area contributed by atoms with Crippen LogP contribution in [0.4, 0.5) is 28.4 Å². The molecule has 10 rings (SSSR count). The van der Waals surface area contributed by atoms with Crippen LogP contribution >= 0.6 is 0 Å². The predicted octanol–water partition coefficient (Wildman–Crippen LogP) is 14.6. The molecule has 7 aromatic rings. The molecule has 303 valence electrons. The molecule has 1 aliphatic carbocycles. The quantitative estimate of drug-likeness (QED) is 0.116. The number of fused-ring (bicyclic) bond motifs is 5. The van der Waals surface area contributed by atoms with E-state index >= 15 is 0 Å². The molecule has 0 fully saturated rings. The lowest BCUT2D eigenvalue weighted by molar-refractivity contribution is 0.331. The fourth-order valence-electron chi connectivity index (χ4n) is 10.6. The zero-order valence-corrected chi connectivity index (χ0v) is 37.1. The first-order valence-corrected chi connectivity index (χ1v) is 22.7. The van der Waals surface area contributed by atoms with E-state index in [0.29, 0.717) is 0 Å². The van der Waals surface area contributed by atoms with E-state index in [9.17, 15) is 0 Å². The maximum absolute atomic E-state index is 3.95. The summed E-state index contributed by atoms with van der Waals surface area (Å²) in [5.74, 6) is 0. The first-order chi connectivity index (χ1) is 29.4. The van der Waals surface area contributed by atoms with Gasteiger partial charge in [0.25, 0.3) is 0 Å². The van der Waals surface area contributed by atoms with Crippen LogP contribution < -0.4 is 21.1 Å². The van der Waals surface area contributed by atoms with Crippen molar-refractivity contribution in [3.8, 4) is 33.4 Å². The summed E-state index contributed by atoms with van der Waals surface area (Å²) in [6.45, 7) is 17.1. The minimum absolute atomic E-state index is 0.0952. The Bertz CT molecular complexity index is 2790. The minimum Gasteiger partial charge on any atom is -0.355 e. The van der Waals surface area contributed by atoms with Crippen LogP contribution in [0, 0.1) is 0 Å². The van der Waals surface area contributed by atoms with Crippen molar-refractivity contribution in [2.24, 2.45) is 0 Å². The van der Waals surface area contributed by atoms with Crippen LogP contribution in [0.25, 0.3) is 33.4 Å². The third-order valence-corrected chi connectivity index (χ3v) is 14.3. The van der Waals surface area contributed by atoms with E-state index in [1.807, 2.05) is 0 Å². The Morgan fingerprint density at radius 3 is 1.90 bits per heavy atom. The van der Waals surface area contributed by atoms with Gasteiger partial charge in [0.2, 0.25) is 0 Å². The maximum Gasteiger partial charge on any atom is 0.197 e. The van der Waals surface area contributed by atoms with Crippen LogP contribution in [-0.2, 0) is 22.7 Å². The summed E-state index contributed by atoms with van der Waals surface area (Å²) < 4.78 is 0. The molecule has 2 heterocycles. The summed E-state index contributed by atoms with van der Waals surface area (Å²) >= 11 is 0. The number of para-hydroxylation sites is 1. The van der Waals surface area contributed by atoms with Gasteiger partial charge in [-0.2, -0.15) is 0 Å². The van der Waals surface area contributed by atoms with E-state index in [-0.39, 0.29) is 16.2 Å². The Kier molecular flexibility index (Phi) is 9.66. The number of nitrogens with zero attached hydrogens (tertiary/aromatic N) is 1. The molecular formula is C58H58BN2. The van der Waals surface area contributed by atoms with Gasteiger partial charge in [-0.1, -0.05) is 176 Å². The SMILES string of the molecule is CCCCCc1cc(-c2cc(-c3ccccc3)ccc2Nc2cccc(-c3ccccc3)c2)c2c(c1)N1c3cc4c(cc3C(C)(C)c3cccc(c31)[B]2)C(C)(C)CCC4(C)C. The predicted molar refractivity (Wildman–Crippen MR) is 263 cm³/mol. The molecule has 2 nitrogen and oxygen atoms in total. The molecule has 0 aromatic heterocycles. The molecular weight excluding hydrogens is 735 g/mol. The van der Waals surface area contributed by atoms with Gasteiger partial charge in [-0.15, -0.1) is 0 Å². The topological polar surface area (TPSA) is 15.3 Å². The molecule has 61 heavy (non-hydrogen) atoms. The van der Waals surface area contributed by atoms with Gasteiger partial charge in [0.15, 0.2) is 7.28 Å². The minimum atomic E-state index is -0.161. The molecule has 3 aliphatic rings. The maximum atomic E-state index is 3.95. The summed E-state index contributed by atoms with van der Waals surface area (Å²) in [4.78, 5) is 2.68. The van der Waals surface area contributed by atoms with Gasteiger partial charge in [-0.3, -0.25) is 0 Å². The summed E-state index contributed by atoms with van der Waals surface area (Å²) in [6, 6.07) is 54.7. The number of nitrogens with one attached hydrogen (secondary N) is 1. The highest BCUT2D eigenvalue weighted by molar-refractivity contribution is 6.73. The fourth-order valence-corrected chi connectivity index (χ4v) is 10.6. The molecule has 0 saturated heterocycles. The van der Waals surface area contributed by atoms with Crippen molar-refractivity contribution >= 4 is 46.6 Å². The van der Waals surface area contributed by atoms with Crippen molar-refractivity contribution in [3.05, 3.63) is 173 Å². The van der Waals surface area contributed by atoms with Crippen molar-refractivity contribution < 1.29 is 0 Å². The lowest BCUT2D eigenvalue weighted by Gasteiger charge is -2.49. The van der Waals surface area contributed by atoms with E-state index in [2.05, 4.69) is 212 Å². The molecule has 0 bridgehead atoms.